The summed E-state index contributed by atoms with van der Waals surface area (Å²) in [5.74, 6) is -3.21. The topological polar surface area (TPSA) is 120 Å². The van der Waals surface area contributed by atoms with Crippen LogP contribution in [0.4, 0.5) is 4.79 Å². The monoisotopic (exact) mass is 522 g/mol. The highest BCUT2D eigenvalue weighted by Gasteiger charge is 2.70. The molecule has 4 atom stereocenters. The van der Waals surface area contributed by atoms with Gasteiger partial charge in [0.05, 0.1) is 13.2 Å². The molecule has 1 heterocycles. The van der Waals surface area contributed by atoms with Crippen molar-refractivity contribution in [2.45, 2.75) is 58.0 Å². The lowest BCUT2D eigenvalue weighted by Gasteiger charge is -2.37. The van der Waals surface area contributed by atoms with E-state index in [1.807, 2.05) is 36.4 Å². The summed E-state index contributed by atoms with van der Waals surface area (Å²) in [6.45, 7) is 3.48. The molecule has 0 unspecified atom stereocenters. The van der Waals surface area contributed by atoms with Gasteiger partial charge in [-0.3, -0.25) is 24.1 Å². The fourth-order valence-electron chi connectivity index (χ4n) is 5.33. The van der Waals surface area contributed by atoms with Crippen LogP contribution < -0.4 is 0 Å². The molecule has 0 N–H and O–H groups in total. The highest BCUT2D eigenvalue weighted by molar-refractivity contribution is 6.08. The maximum Gasteiger partial charge on any atom is 0.328 e. The Morgan fingerprint density at radius 3 is 1.89 bits per heavy atom. The van der Waals surface area contributed by atoms with E-state index in [4.69, 9.17) is 14.2 Å². The largest absolute Gasteiger partial charge is 0.465 e. The zero-order valence-electron chi connectivity index (χ0n) is 21.5. The van der Waals surface area contributed by atoms with E-state index in [9.17, 15) is 24.0 Å². The Morgan fingerprint density at radius 1 is 0.816 bits per heavy atom. The quantitative estimate of drug-likeness (QED) is 0.295. The molecule has 3 amide bonds. The predicted molar refractivity (Wildman–Crippen MR) is 133 cm³/mol. The van der Waals surface area contributed by atoms with Crippen LogP contribution in [0, 0.1) is 5.92 Å². The first kappa shape index (κ1) is 26.8. The molecule has 1 aliphatic carbocycles. The smallest absolute Gasteiger partial charge is 0.328 e. The SMILES string of the molecule is CC(=O)OC[C@H]1C[C@]2(C(=O)N(Cc3ccccc3)C(=O)N2Cc2ccccc2)[C@@H](OC(C)=O)[C@H]1OC(C)=O. The van der Waals surface area contributed by atoms with Crippen LogP contribution in [-0.2, 0) is 46.5 Å². The molecule has 1 saturated heterocycles. The highest BCUT2D eigenvalue weighted by Crippen LogP contribution is 2.48. The molecule has 1 aliphatic heterocycles. The van der Waals surface area contributed by atoms with Crippen molar-refractivity contribution < 1.29 is 38.2 Å². The Morgan fingerprint density at radius 2 is 1.37 bits per heavy atom. The second-order valence-corrected chi connectivity index (χ2v) is 9.53. The molecule has 0 aromatic heterocycles. The third-order valence-electron chi connectivity index (χ3n) is 6.83. The maximum absolute atomic E-state index is 14.3. The number of urea groups is 1. The lowest BCUT2D eigenvalue weighted by Crippen LogP contribution is -2.58. The molecule has 38 heavy (non-hydrogen) atoms. The standard InChI is InChI=1S/C28H30N2O8/c1-18(31)36-17-23-14-28(25(38-20(3)33)24(23)37-19(2)32)26(34)29(15-21-10-6-4-7-11-21)27(35)30(28)16-22-12-8-5-9-13-22/h4-13,23-25H,14-17H2,1-3H3/t23-,24+,25+,28-/m1/s1. The molecule has 0 radical (unpaired) electrons. The van der Waals surface area contributed by atoms with Crippen molar-refractivity contribution in [1.29, 1.82) is 0 Å². The number of esters is 3. The van der Waals surface area contributed by atoms with Gasteiger partial charge in [-0.2, -0.15) is 0 Å². The molecule has 1 saturated carbocycles. The second kappa shape index (κ2) is 11.0. The van der Waals surface area contributed by atoms with Gasteiger partial charge < -0.3 is 19.1 Å². The number of imide groups is 1. The molecule has 10 nitrogen and oxygen atoms in total. The molecule has 200 valence electrons. The van der Waals surface area contributed by atoms with E-state index in [2.05, 4.69) is 0 Å². The Bertz CT molecular complexity index is 1220. The number of ether oxygens (including phenoxy) is 3. The number of hydrogen-bond donors (Lipinski definition) is 0. The third kappa shape index (κ3) is 5.25. The third-order valence-corrected chi connectivity index (χ3v) is 6.83. The molecule has 1 spiro atoms. The normalized spacial score (nSPS) is 24.6. The van der Waals surface area contributed by atoms with Gasteiger partial charge in [-0.1, -0.05) is 60.7 Å². The van der Waals surface area contributed by atoms with Gasteiger partial charge in [0.25, 0.3) is 5.91 Å². The molecule has 2 aliphatic rings. The van der Waals surface area contributed by atoms with Gasteiger partial charge in [-0.25, -0.2) is 4.79 Å². The second-order valence-electron chi connectivity index (χ2n) is 9.53. The molecule has 2 aromatic rings. The number of benzene rings is 2. The summed E-state index contributed by atoms with van der Waals surface area (Å²) < 4.78 is 16.5. The Hall–Kier alpha value is -4.21. The van der Waals surface area contributed by atoms with Crippen molar-refractivity contribution in [3.8, 4) is 0 Å². The average Bonchev–Trinajstić information content (AvgIpc) is 3.26. The van der Waals surface area contributed by atoms with Crippen LogP contribution in [0.3, 0.4) is 0 Å². The van der Waals surface area contributed by atoms with Crippen molar-refractivity contribution in [1.82, 2.24) is 9.80 Å². The highest BCUT2D eigenvalue weighted by atomic mass is 16.6. The summed E-state index contributed by atoms with van der Waals surface area (Å²) in [6.07, 6.45) is -2.48. The lowest BCUT2D eigenvalue weighted by molar-refractivity contribution is -0.174. The summed E-state index contributed by atoms with van der Waals surface area (Å²) in [5, 5.41) is 0. The summed E-state index contributed by atoms with van der Waals surface area (Å²) in [7, 11) is 0. The number of carbonyl (C=O) groups is 5. The molecule has 0 bridgehead atoms. The van der Waals surface area contributed by atoms with Crippen molar-refractivity contribution in [3.05, 3.63) is 71.8 Å². The zero-order valence-corrected chi connectivity index (χ0v) is 21.5. The minimum absolute atomic E-state index is 0.00514. The number of hydrogen-bond acceptors (Lipinski definition) is 8. The van der Waals surface area contributed by atoms with E-state index in [-0.39, 0.29) is 26.1 Å². The molecule has 10 heteroatoms. The van der Waals surface area contributed by atoms with E-state index in [1.54, 1.807) is 24.3 Å². The average molecular weight is 523 g/mol. The van der Waals surface area contributed by atoms with Gasteiger partial charge in [-0.15, -0.1) is 0 Å². The Balaban J connectivity index is 1.83. The van der Waals surface area contributed by atoms with Crippen LogP contribution >= 0.6 is 0 Å². The van der Waals surface area contributed by atoms with Crippen LogP contribution in [0.5, 0.6) is 0 Å². The van der Waals surface area contributed by atoms with Gasteiger partial charge >= 0.3 is 23.9 Å². The van der Waals surface area contributed by atoms with Crippen LogP contribution in [0.15, 0.2) is 60.7 Å². The van der Waals surface area contributed by atoms with Gasteiger partial charge in [0.2, 0.25) is 0 Å². The van der Waals surface area contributed by atoms with Crippen molar-refractivity contribution in [2.75, 3.05) is 6.61 Å². The molecule has 4 rings (SSSR count). The van der Waals surface area contributed by atoms with Gasteiger partial charge in [0.1, 0.15) is 6.10 Å². The first-order chi connectivity index (χ1) is 18.1. The van der Waals surface area contributed by atoms with Crippen LogP contribution in [0.2, 0.25) is 0 Å². The van der Waals surface area contributed by atoms with Crippen molar-refractivity contribution in [2.24, 2.45) is 5.92 Å². The summed E-state index contributed by atoms with van der Waals surface area (Å²) in [4.78, 5) is 66.7. The molecule has 2 aromatic carbocycles. The van der Waals surface area contributed by atoms with Crippen LogP contribution in [-0.4, -0.2) is 64.0 Å². The summed E-state index contributed by atoms with van der Waals surface area (Å²) in [6, 6.07) is 17.6. The first-order valence-electron chi connectivity index (χ1n) is 12.3. The maximum atomic E-state index is 14.3. The predicted octanol–water partition coefficient (Wildman–Crippen LogP) is 2.84. The van der Waals surface area contributed by atoms with Crippen LogP contribution in [0.25, 0.3) is 0 Å². The molecular weight excluding hydrogens is 492 g/mol. The first-order valence-corrected chi connectivity index (χ1v) is 12.3. The van der Waals surface area contributed by atoms with Crippen molar-refractivity contribution in [3.63, 3.8) is 0 Å². The van der Waals surface area contributed by atoms with Gasteiger partial charge in [0.15, 0.2) is 11.6 Å². The summed E-state index contributed by atoms with van der Waals surface area (Å²) in [5.41, 5.74) is -0.192. The Labute approximate surface area is 220 Å². The van der Waals surface area contributed by atoms with Gasteiger partial charge in [0, 0.05) is 33.2 Å². The van der Waals surface area contributed by atoms with E-state index in [1.165, 1.54) is 25.7 Å². The van der Waals surface area contributed by atoms with E-state index in [0.717, 1.165) is 16.0 Å². The molecular formula is C28H30N2O8. The number of amides is 3. The van der Waals surface area contributed by atoms with E-state index < -0.39 is 53.5 Å². The van der Waals surface area contributed by atoms with E-state index in [0.29, 0.717) is 0 Å². The number of nitrogens with zero attached hydrogens (tertiary/aromatic N) is 2. The number of rotatable bonds is 8. The van der Waals surface area contributed by atoms with E-state index >= 15 is 0 Å². The minimum Gasteiger partial charge on any atom is -0.465 e. The van der Waals surface area contributed by atoms with Gasteiger partial charge in [-0.05, 0) is 17.5 Å². The lowest BCUT2D eigenvalue weighted by atomic mass is 9.91. The van der Waals surface area contributed by atoms with Crippen LogP contribution in [0.1, 0.15) is 38.3 Å². The zero-order chi connectivity index (χ0) is 27.4. The molecule has 2 fully saturated rings. The fourth-order valence-corrected chi connectivity index (χ4v) is 5.33. The summed E-state index contributed by atoms with van der Waals surface area (Å²) >= 11 is 0. The number of carbonyl (C=O) groups excluding carboxylic acids is 5. The fraction of sp³-hybridized carbons (Fsp3) is 0.393. The van der Waals surface area contributed by atoms with Crippen molar-refractivity contribution >= 4 is 29.8 Å². The minimum atomic E-state index is -1.68. The Kier molecular flexibility index (Phi) is 7.80.